The van der Waals surface area contributed by atoms with Crippen LogP contribution in [0.25, 0.3) is 11.1 Å². The van der Waals surface area contributed by atoms with Crippen LogP contribution in [-0.4, -0.2) is 32.3 Å². The monoisotopic (exact) mass is 991 g/mol. The molecule has 0 aliphatic heterocycles. The average Bonchev–Trinajstić information content (AvgIpc) is 3.38. The molecule has 11 heteroatoms. The van der Waals surface area contributed by atoms with Gasteiger partial charge in [-0.05, 0) is 129 Å². The lowest BCUT2D eigenvalue weighted by molar-refractivity contribution is -0.114. The Kier molecular flexibility index (Phi) is 13.0. The van der Waals surface area contributed by atoms with Crippen LogP contribution in [-0.2, 0) is 25.4 Å². The molecule has 1 aliphatic rings. The molecule has 1 aliphatic carbocycles. The minimum absolute atomic E-state index is 0.0739. The van der Waals surface area contributed by atoms with E-state index in [0.29, 0.717) is 78.0 Å². The first-order valence-electron chi connectivity index (χ1n) is 22.3. The van der Waals surface area contributed by atoms with Gasteiger partial charge in [-0.2, -0.15) is 0 Å². The number of aromatic hydroxyl groups is 1. The number of methoxy groups -OCH3 is 3. The number of alkyl halides is 2. The third kappa shape index (κ3) is 7.39. The maximum absolute atomic E-state index is 16.9. The summed E-state index contributed by atoms with van der Waals surface area (Å²) in [5.74, 6) is -1.30. The molecule has 0 radical (unpaired) electrons. The molecule has 6 nitrogen and oxygen atoms in total. The first-order chi connectivity index (χ1) is 33.8. The van der Waals surface area contributed by atoms with Gasteiger partial charge in [0.2, 0.25) is 5.91 Å². The van der Waals surface area contributed by atoms with E-state index in [9.17, 15) is 33.1 Å². The number of hydrogen-bond donors (Lipinski definition) is 2. The highest BCUT2D eigenvalue weighted by Crippen LogP contribution is 2.80. The summed E-state index contributed by atoms with van der Waals surface area (Å²) >= 11 is 25.8. The van der Waals surface area contributed by atoms with Crippen molar-refractivity contribution >= 4 is 57.5 Å². The van der Waals surface area contributed by atoms with E-state index in [1.165, 1.54) is 13.0 Å². The fourth-order valence-electron chi connectivity index (χ4n) is 10.8. The van der Waals surface area contributed by atoms with E-state index in [-0.39, 0.29) is 17.2 Å². The van der Waals surface area contributed by atoms with Crippen molar-refractivity contribution in [3.63, 3.8) is 0 Å². The molecule has 8 aromatic rings. The van der Waals surface area contributed by atoms with E-state index < -0.39 is 32.2 Å². The van der Waals surface area contributed by atoms with Gasteiger partial charge in [0.05, 0.1) is 32.2 Å². The van der Waals surface area contributed by atoms with Crippen molar-refractivity contribution in [2.24, 2.45) is 0 Å². The molecule has 4 unspecified atom stereocenters. The number of para-hydroxylation sites is 1. The Balaban J connectivity index is 1.75. The lowest BCUT2D eigenvalue weighted by Gasteiger charge is -2.68. The SMILES string of the molecule is COc1ccc(C2=C(c3cccc(O)c3)C(Cl)(c3ccccc3)C(c3ccc(Cl)cc3)(c3ccc(NC(C)=O)cc3)C(Cl)(c3ccccc3OC)C2(c2cccc(OC)c2)c2ccc(F)c(F)c2)cc1. The topological polar surface area (TPSA) is 77.0 Å². The van der Waals surface area contributed by atoms with Gasteiger partial charge in [0.1, 0.15) is 32.7 Å². The number of phenols is 1. The molecule has 4 atom stereocenters. The number of carbonyl (C=O) groups excluding carboxylic acids is 1. The molecule has 0 heterocycles. The molecule has 0 spiro atoms. The lowest BCUT2D eigenvalue weighted by Crippen LogP contribution is -2.69. The van der Waals surface area contributed by atoms with Gasteiger partial charge in [0.15, 0.2) is 11.6 Å². The highest BCUT2D eigenvalue weighted by molar-refractivity contribution is 6.39. The Morgan fingerprint density at radius 3 is 1.77 bits per heavy atom. The summed E-state index contributed by atoms with van der Waals surface area (Å²) in [4.78, 5) is 8.56. The Morgan fingerprint density at radius 2 is 1.14 bits per heavy atom. The predicted octanol–water partition coefficient (Wildman–Crippen LogP) is 14.5. The Morgan fingerprint density at radius 1 is 0.543 bits per heavy atom. The predicted molar refractivity (Wildman–Crippen MR) is 276 cm³/mol. The van der Waals surface area contributed by atoms with Crippen LogP contribution in [0.2, 0.25) is 5.02 Å². The summed E-state index contributed by atoms with van der Waals surface area (Å²) in [6.45, 7) is 1.42. The highest BCUT2D eigenvalue weighted by atomic mass is 35.5. The molecule has 0 saturated heterocycles. The second-order valence-electron chi connectivity index (χ2n) is 17.0. The van der Waals surface area contributed by atoms with Crippen LogP contribution in [0.5, 0.6) is 23.0 Å². The first-order valence-corrected chi connectivity index (χ1v) is 23.4. The summed E-state index contributed by atoms with van der Waals surface area (Å²) in [7, 11) is 4.66. The third-order valence-corrected chi connectivity index (χ3v) is 15.2. The number of rotatable bonds is 12. The Labute approximate surface area is 420 Å². The van der Waals surface area contributed by atoms with E-state index in [1.807, 2.05) is 121 Å². The van der Waals surface area contributed by atoms with Crippen LogP contribution < -0.4 is 19.5 Å². The van der Waals surface area contributed by atoms with Crippen LogP contribution >= 0.6 is 34.8 Å². The van der Waals surface area contributed by atoms with E-state index in [2.05, 4.69) is 5.32 Å². The minimum Gasteiger partial charge on any atom is -0.508 e. The van der Waals surface area contributed by atoms with Gasteiger partial charge in [-0.15, -0.1) is 23.2 Å². The number of allylic oxidation sites excluding steroid dienone is 2. The standard InChI is InChI=1S/C59H46Cl3F2NO5/c1-37(66)65-46-29-24-41(25-30-46)57(40-22-27-45(60)28-23-40)58(61,42-13-6-5-7-14-42)55(39-12-10-16-47(67)34-39)54(38-20-31-48(68-2)32-21-38)56(43-15-11-17-49(35-43)69-3,44-26-33-51(63)52(64)36-44)59(57,62)50-18-8-9-19-53(50)70-4/h5-36,67H,1-4H3,(H,65,66). The zero-order chi connectivity index (χ0) is 49.4. The second-order valence-corrected chi connectivity index (χ2v) is 18.6. The third-order valence-electron chi connectivity index (χ3n) is 13.5. The molecule has 0 saturated carbocycles. The highest BCUT2D eigenvalue weighted by Gasteiger charge is 2.78. The van der Waals surface area contributed by atoms with Gasteiger partial charge in [-0.3, -0.25) is 4.79 Å². The minimum atomic E-state index is -2.14. The van der Waals surface area contributed by atoms with Crippen molar-refractivity contribution in [3.05, 3.63) is 255 Å². The Hall–Kier alpha value is -7.10. The maximum atomic E-state index is 16.9. The second kappa shape index (κ2) is 19.0. The Bertz CT molecular complexity index is 3260. The van der Waals surface area contributed by atoms with E-state index in [1.54, 1.807) is 82.0 Å². The van der Waals surface area contributed by atoms with Gasteiger partial charge in [0.25, 0.3) is 0 Å². The molecule has 0 aromatic heterocycles. The molecule has 1 amide bonds. The molecule has 2 N–H and O–H groups in total. The van der Waals surface area contributed by atoms with E-state index in [0.717, 1.165) is 6.07 Å². The van der Waals surface area contributed by atoms with Crippen molar-refractivity contribution in [1.29, 1.82) is 0 Å². The number of phenolic OH excluding ortho intramolecular Hbond substituents is 1. The van der Waals surface area contributed by atoms with Crippen LogP contribution in [0.1, 0.15) is 51.4 Å². The first kappa shape index (κ1) is 47.9. The summed E-state index contributed by atoms with van der Waals surface area (Å²) in [5.41, 5.74) is 1.22. The van der Waals surface area contributed by atoms with Crippen LogP contribution in [0.4, 0.5) is 14.5 Å². The molecule has 352 valence electrons. The number of ether oxygens (including phenoxy) is 3. The summed E-state index contributed by atoms with van der Waals surface area (Å²) in [6, 6.07) is 56.7. The number of amides is 1. The van der Waals surface area contributed by atoms with Crippen LogP contribution in [0.15, 0.2) is 194 Å². The number of benzene rings is 8. The number of hydrogen-bond acceptors (Lipinski definition) is 5. The van der Waals surface area contributed by atoms with Gasteiger partial charge in [-0.25, -0.2) is 8.78 Å². The van der Waals surface area contributed by atoms with Crippen molar-refractivity contribution in [3.8, 4) is 23.0 Å². The summed E-state index contributed by atoms with van der Waals surface area (Å²) in [5, 5.41) is 15.0. The molecular weight excluding hydrogens is 947 g/mol. The zero-order valence-electron chi connectivity index (χ0n) is 38.4. The number of nitrogens with one attached hydrogen (secondary N) is 1. The average molecular weight is 993 g/mol. The fourth-order valence-corrected chi connectivity index (χ4v) is 12.5. The van der Waals surface area contributed by atoms with Crippen LogP contribution in [0.3, 0.4) is 0 Å². The van der Waals surface area contributed by atoms with Gasteiger partial charge >= 0.3 is 0 Å². The summed E-state index contributed by atoms with van der Waals surface area (Å²) in [6.07, 6.45) is 0. The zero-order valence-corrected chi connectivity index (χ0v) is 40.7. The lowest BCUT2D eigenvalue weighted by atomic mass is 9.38. The molecular formula is C59H46Cl3F2NO5. The van der Waals surface area contributed by atoms with Gasteiger partial charge < -0.3 is 24.6 Å². The smallest absolute Gasteiger partial charge is 0.221 e. The van der Waals surface area contributed by atoms with Crippen molar-refractivity contribution in [2.75, 3.05) is 26.6 Å². The normalized spacial score (nSPS) is 20.9. The van der Waals surface area contributed by atoms with E-state index in [4.69, 9.17) is 25.8 Å². The van der Waals surface area contributed by atoms with E-state index >= 15 is 8.78 Å². The molecule has 9 rings (SSSR count). The molecule has 8 aromatic carbocycles. The largest absolute Gasteiger partial charge is 0.508 e. The fraction of sp³-hybridized carbons (Fsp3) is 0.136. The number of carbonyl (C=O) groups is 1. The van der Waals surface area contributed by atoms with Gasteiger partial charge in [-0.1, -0.05) is 127 Å². The number of anilines is 1. The summed E-state index contributed by atoms with van der Waals surface area (Å²) < 4.78 is 51.0. The van der Waals surface area contributed by atoms with Crippen molar-refractivity contribution < 1.29 is 32.9 Å². The van der Waals surface area contributed by atoms with Crippen molar-refractivity contribution in [2.45, 2.75) is 27.5 Å². The molecule has 0 bridgehead atoms. The van der Waals surface area contributed by atoms with Crippen LogP contribution in [0, 0.1) is 11.6 Å². The molecule has 0 fully saturated rings. The maximum Gasteiger partial charge on any atom is 0.221 e. The van der Waals surface area contributed by atoms with Crippen molar-refractivity contribution in [1.82, 2.24) is 0 Å². The number of halogens is 5. The van der Waals surface area contributed by atoms with Gasteiger partial charge in [0, 0.05) is 23.2 Å². The molecule has 70 heavy (non-hydrogen) atoms. The quantitative estimate of drug-likeness (QED) is 0.119.